The SMILES string of the molecule is COc1ccc([C@@H](O)[C@@H]2CC(=O)NN=C2C)cc1. The number of hydrazone groups is 1. The van der Waals surface area contributed by atoms with Gasteiger partial charge >= 0.3 is 0 Å². The zero-order valence-electron chi connectivity index (χ0n) is 10.4. The van der Waals surface area contributed by atoms with Crippen LogP contribution >= 0.6 is 0 Å². The number of carbonyl (C=O) groups excluding carboxylic acids is 1. The molecule has 18 heavy (non-hydrogen) atoms. The minimum absolute atomic E-state index is 0.168. The summed E-state index contributed by atoms with van der Waals surface area (Å²) in [6, 6.07) is 7.16. The maximum atomic E-state index is 11.3. The predicted molar refractivity (Wildman–Crippen MR) is 67.3 cm³/mol. The van der Waals surface area contributed by atoms with E-state index in [1.165, 1.54) is 0 Å². The van der Waals surface area contributed by atoms with E-state index >= 15 is 0 Å². The van der Waals surface area contributed by atoms with Crippen LogP contribution in [0.2, 0.25) is 0 Å². The van der Waals surface area contributed by atoms with Crippen LogP contribution < -0.4 is 10.2 Å². The number of aliphatic hydroxyl groups is 1. The summed E-state index contributed by atoms with van der Waals surface area (Å²) in [5.41, 5.74) is 3.89. The molecule has 0 spiro atoms. The highest BCUT2D eigenvalue weighted by molar-refractivity contribution is 5.93. The van der Waals surface area contributed by atoms with Gasteiger partial charge in [0.25, 0.3) is 0 Å². The molecule has 5 heteroatoms. The summed E-state index contributed by atoms with van der Waals surface area (Å²) >= 11 is 0. The molecule has 1 amide bonds. The molecule has 0 saturated carbocycles. The highest BCUT2D eigenvalue weighted by atomic mass is 16.5. The lowest BCUT2D eigenvalue weighted by atomic mass is 9.88. The van der Waals surface area contributed by atoms with Crippen molar-refractivity contribution in [2.45, 2.75) is 19.4 Å². The largest absolute Gasteiger partial charge is 0.497 e. The van der Waals surface area contributed by atoms with Crippen LogP contribution in [0.1, 0.15) is 25.0 Å². The van der Waals surface area contributed by atoms with Crippen molar-refractivity contribution in [3.63, 3.8) is 0 Å². The third kappa shape index (κ3) is 2.51. The quantitative estimate of drug-likeness (QED) is 0.845. The second kappa shape index (κ2) is 5.18. The van der Waals surface area contributed by atoms with Crippen molar-refractivity contribution < 1.29 is 14.6 Å². The van der Waals surface area contributed by atoms with E-state index in [0.717, 1.165) is 17.0 Å². The number of amides is 1. The van der Waals surface area contributed by atoms with E-state index < -0.39 is 6.10 Å². The number of hydrogen-bond donors (Lipinski definition) is 2. The second-order valence-corrected chi connectivity index (χ2v) is 4.32. The Labute approximate surface area is 105 Å². The Morgan fingerprint density at radius 3 is 2.72 bits per heavy atom. The van der Waals surface area contributed by atoms with Crippen LogP contribution in [0.3, 0.4) is 0 Å². The van der Waals surface area contributed by atoms with E-state index in [0.29, 0.717) is 0 Å². The fourth-order valence-electron chi connectivity index (χ4n) is 2.00. The van der Waals surface area contributed by atoms with Gasteiger partial charge in [0.1, 0.15) is 5.75 Å². The Kier molecular flexibility index (Phi) is 3.62. The summed E-state index contributed by atoms with van der Waals surface area (Å²) in [5, 5.41) is 14.2. The zero-order valence-corrected chi connectivity index (χ0v) is 10.4. The van der Waals surface area contributed by atoms with Crippen LogP contribution in [0.4, 0.5) is 0 Å². The topological polar surface area (TPSA) is 70.9 Å². The number of methoxy groups -OCH3 is 1. The van der Waals surface area contributed by atoms with Crippen LogP contribution in [0, 0.1) is 5.92 Å². The number of carbonyl (C=O) groups is 1. The molecule has 0 saturated heterocycles. The molecule has 5 nitrogen and oxygen atoms in total. The van der Waals surface area contributed by atoms with Crippen molar-refractivity contribution >= 4 is 11.6 Å². The number of nitrogens with zero attached hydrogens (tertiary/aromatic N) is 1. The Morgan fingerprint density at radius 1 is 1.44 bits per heavy atom. The first-order chi connectivity index (χ1) is 8.61. The van der Waals surface area contributed by atoms with Crippen LogP contribution in [0.25, 0.3) is 0 Å². The summed E-state index contributed by atoms with van der Waals surface area (Å²) in [6.07, 6.45) is -0.478. The molecule has 1 aliphatic heterocycles. The van der Waals surface area contributed by atoms with Crippen molar-refractivity contribution in [3.8, 4) is 5.75 Å². The minimum Gasteiger partial charge on any atom is -0.497 e. The average molecular weight is 248 g/mol. The van der Waals surface area contributed by atoms with Gasteiger partial charge in [-0.25, -0.2) is 5.43 Å². The molecule has 0 aliphatic carbocycles. The van der Waals surface area contributed by atoms with Gasteiger partial charge in [0.05, 0.1) is 13.2 Å². The maximum absolute atomic E-state index is 11.3. The summed E-state index contributed by atoms with van der Waals surface area (Å²) < 4.78 is 5.06. The second-order valence-electron chi connectivity index (χ2n) is 4.32. The van der Waals surface area contributed by atoms with Crippen LogP contribution in [-0.2, 0) is 4.79 Å². The number of aliphatic hydroxyl groups excluding tert-OH is 1. The third-order valence-corrected chi connectivity index (χ3v) is 3.14. The number of benzene rings is 1. The molecule has 2 atom stereocenters. The van der Waals surface area contributed by atoms with Crippen molar-refractivity contribution in [1.82, 2.24) is 5.43 Å². The molecular weight excluding hydrogens is 232 g/mol. The molecule has 1 aliphatic rings. The summed E-state index contributed by atoms with van der Waals surface area (Å²) in [6.45, 7) is 1.80. The molecule has 1 aromatic carbocycles. The van der Waals surface area contributed by atoms with Gasteiger partial charge in [0.2, 0.25) is 5.91 Å². The van der Waals surface area contributed by atoms with E-state index in [2.05, 4.69) is 10.5 Å². The van der Waals surface area contributed by atoms with Gasteiger partial charge in [-0.05, 0) is 24.6 Å². The van der Waals surface area contributed by atoms with Gasteiger partial charge in [-0.2, -0.15) is 5.10 Å². The van der Waals surface area contributed by atoms with Crippen molar-refractivity contribution in [2.75, 3.05) is 7.11 Å². The van der Waals surface area contributed by atoms with E-state index in [1.807, 2.05) is 0 Å². The molecule has 2 N–H and O–H groups in total. The first-order valence-corrected chi connectivity index (χ1v) is 5.77. The van der Waals surface area contributed by atoms with Crippen LogP contribution in [0.5, 0.6) is 5.75 Å². The summed E-state index contributed by atoms with van der Waals surface area (Å²) in [5.74, 6) is 0.294. The number of hydrogen-bond acceptors (Lipinski definition) is 4. The molecular formula is C13H16N2O3. The Hall–Kier alpha value is -1.88. The Bertz CT molecular complexity index is 468. The summed E-state index contributed by atoms with van der Waals surface area (Å²) in [7, 11) is 1.59. The van der Waals surface area contributed by atoms with E-state index in [4.69, 9.17) is 4.74 Å². The lowest BCUT2D eigenvalue weighted by molar-refractivity contribution is -0.122. The standard InChI is InChI=1S/C13H16N2O3/c1-8-11(7-12(16)15-14-8)13(17)9-3-5-10(18-2)6-4-9/h3-6,11,13,17H,7H2,1-2H3,(H,15,16)/t11-,13-/m1/s1. The molecule has 0 fully saturated rings. The number of ether oxygens (including phenoxy) is 1. The predicted octanol–water partition coefficient (Wildman–Crippen LogP) is 1.24. The van der Waals surface area contributed by atoms with E-state index in [9.17, 15) is 9.90 Å². The third-order valence-electron chi connectivity index (χ3n) is 3.14. The zero-order chi connectivity index (χ0) is 13.1. The smallest absolute Gasteiger partial charge is 0.240 e. The van der Waals surface area contributed by atoms with Gasteiger partial charge < -0.3 is 9.84 Å². The lowest BCUT2D eigenvalue weighted by Crippen LogP contribution is -2.34. The Balaban J connectivity index is 2.19. The minimum atomic E-state index is -0.731. The number of rotatable bonds is 3. The van der Waals surface area contributed by atoms with E-state index in [-0.39, 0.29) is 18.2 Å². The monoisotopic (exact) mass is 248 g/mol. The van der Waals surface area contributed by atoms with Crippen molar-refractivity contribution in [1.29, 1.82) is 0 Å². The highest BCUT2D eigenvalue weighted by Crippen LogP contribution is 2.28. The molecule has 1 heterocycles. The fraction of sp³-hybridized carbons (Fsp3) is 0.385. The van der Waals surface area contributed by atoms with Gasteiger partial charge in [-0.1, -0.05) is 12.1 Å². The van der Waals surface area contributed by atoms with Crippen LogP contribution in [0.15, 0.2) is 29.4 Å². The summed E-state index contributed by atoms with van der Waals surface area (Å²) in [4.78, 5) is 11.3. The highest BCUT2D eigenvalue weighted by Gasteiger charge is 2.29. The van der Waals surface area contributed by atoms with Gasteiger partial charge in [-0.15, -0.1) is 0 Å². The first kappa shape index (κ1) is 12.6. The molecule has 0 bridgehead atoms. The molecule has 96 valence electrons. The molecule has 0 unspecified atom stereocenters. The van der Waals surface area contributed by atoms with Crippen molar-refractivity contribution in [3.05, 3.63) is 29.8 Å². The van der Waals surface area contributed by atoms with E-state index in [1.54, 1.807) is 38.3 Å². The normalized spacial score (nSPS) is 20.9. The average Bonchev–Trinajstić information content (AvgIpc) is 2.41. The molecule has 2 rings (SSSR count). The number of nitrogens with one attached hydrogen (secondary N) is 1. The lowest BCUT2D eigenvalue weighted by Gasteiger charge is -2.25. The molecule has 0 aromatic heterocycles. The van der Waals surface area contributed by atoms with Gasteiger partial charge in [0.15, 0.2) is 0 Å². The molecule has 0 radical (unpaired) electrons. The first-order valence-electron chi connectivity index (χ1n) is 5.77. The van der Waals surface area contributed by atoms with Gasteiger partial charge in [-0.3, -0.25) is 4.79 Å². The maximum Gasteiger partial charge on any atom is 0.240 e. The molecule has 1 aromatic rings. The fourth-order valence-corrected chi connectivity index (χ4v) is 2.00. The van der Waals surface area contributed by atoms with Gasteiger partial charge in [0, 0.05) is 18.1 Å². The Morgan fingerprint density at radius 2 is 2.11 bits per heavy atom. The van der Waals surface area contributed by atoms with Crippen LogP contribution in [-0.4, -0.2) is 23.8 Å². The van der Waals surface area contributed by atoms with Crippen molar-refractivity contribution in [2.24, 2.45) is 11.0 Å².